The fraction of sp³-hybridized carbons (Fsp3) is 0.588. The Labute approximate surface area is 131 Å². The molecule has 1 aliphatic heterocycles. The number of rotatable bonds is 9. The van der Waals surface area contributed by atoms with Crippen molar-refractivity contribution in [1.82, 2.24) is 0 Å². The minimum absolute atomic E-state index is 0.150. The molecule has 0 radical (unpaired) electrons. The second-order valence-electron chi connectivity index (χ2n) is 5.54. The molecule has 0 unspecified atom stereocenters. The Balaban J connectivity index is 1.70. The van der Waals surface area contributed by atoms with Gasteiger partial charge in [0.05, 0.1) is 13.2 Å². The Bertz CT molecular complexity index is 462. The van der Waals surface area contributed by atoms with Crippen molar-refractivity contribution in [2.75, 3.05) is 27.1 Å². The standard InChI is InChI=1S/C17H24O5/c1-17(21-11-12-22-17)10-4-3-5-16(18)14-6-8-15(9-7-14)20-13-19-2/h6-9H,3-5,10-13H2,1-2H3. The number of carbonyl (C=O) groups excluding carboxylic acids is 1. The summed E-state index contributed by atoms with van der Waals surface area (Å²) in [4.78, 5) is 12.1. The molecule has 1 aromatic rings. The molecule has 0 aromatic heterocycles. The lowest BCUT2D eigenvalue weighted by molar-refractivity contribution is -0.147. The second kappa shape index (κ2) is 8.27. The Morgan fingerprint density at radius 1 is 1.18 bits per heavy atom. The molecule has 0 aliphatic carbocycles. The second-order valence-corrected chi connectivity index (χ2v) is 5.54. The van der Waals surface area contributed by atoms with E-state index in [9.17, 15) is 4.79 Å². The van der Waals surface area contributed by atoms with Crippen molar-refractivity contribution in [3.05, 3.63) is 29.8 Å². The molecule has 0 saturated carbocycles. The van der Waals surface area contributed by atoms with Crippen molar-refractivity contribution < 1.29 is 23.7 Å². The maximum atomic E-state index is 12.1. The molecule has 22 heavy (non-hydrogen) atoms. The molecule has 1 aliphatic rings. The van der Waals surface area contributed by atoms with Gasteiger partial charge in [-0.1, -0.05) is 0 Å². The van der Waals surface area contributed by atoms with Crippen LogP contribution in [0.3, 0.4) is 0 Å². The first-order valence-corrected chi connectivity index (χ1v) is 7.66. The summed E-state index contributed by atoms with van der Waals surface area (Å²) in [5.74, 6) is 0.391. The molecule has 5 heteroatoms. The maximum Gasteiger partial charge on any atom is 0.188 e. The third kappa shape index (κ3) is 5.09. The van der Waals surface area contributed by atoms with E-state index in [0.717, 1.165) is 19.3 Å². The van der Waals surface area contributed by atoms with E-state index in [1.165, 1.54) is 0 Å². The monoisotopic (exact) mass is 308 g/mol. The van der Waals surface area contributed by atoms with Gasteiger partial charge in [0, 0.05) is 25.5 Å². The molecular weight excluding hydrogens is 284 g/mol. The molecular formula is C17H24O5. The highest BCUT2D eigenvalue weighted by Crippen LogP contribution is 2.25. The summed E-state index contributed by atoms with van der Waals surface area (Å²) in [5, 5.41) is 0. The molecule has 0 atom stereocenters. The Kier molecular flexibility index (Phi) is 6.36. The van der Waals surface area contributed by atoms with E-state index < -0.39 is 5.79 Å². The van der Waals surface area contributed by atoms with Crippen LogP contribution in [0.4, 0.5) is 0 Å². The van der Waals surface area contributed by atoms with Crippen LogP contribution < -0.4 is 4.74 Å². The highest BCUT2D eigenvalue weighted by Gasteiger charge is 2.29. The maximum absolute atomic E-state index is 12.1. The summed E-state index contributed by atoms with van der Waals surface area (Å²) in [6.45, 7) is 3.48. The number of hydrogen-bond acceptors (Lipinski definition) is 5. The van der Waals surface area contributed by atoms with Crippen molar-refractivity contribution in [3.63, 3.8) is 0 Å². The normalized spacial score (nSPS) is 16.6. The number of carbonyl (C=O) groups is 1. The van der Waals surface area contributed by atoms with Crippen LogP contribution in [-0.4, -0.2) is 38.7 Å². The lowest BCUT2D eigenvalue weighted by Gasteiger charge is -2.21. The van der Waals surface area contributed by atoms with Gasteiger partial charge in [-0.25, -0.2) is 0 Å². The third-order valence-electron chi connectivity index (χ3n) is 3.70. The first-order valence-electron chi connectivity index (χ1n) is 7.66. The Hall–Kier alpha value is -1.43. The SMILES string of the molecule is COCOc1ccc(C(=O)CCCCC2(C)OCCO2)cc1. The molecule has 0 bridgehead atoms. The van der Waals surface area contributed by atoms with E-state index in [0.29, 0.717) is 30.9 Å². The number of benzene rings is 1. The molecule has 1 aromatic carbocycles. The molecule has 0 amide bonds. The van der Waals surface area contributed by atoms with Gasteiger partial charge in [0.15, 0.2) is 18.4 Å². The molecule has 1 fully saturated rings. The largest absolute Gasteiger partial charge is 0.468 e. The van der Waals surface area contributed by atoms with Crippen molar-refractivity contribution in [1.29, 1.82) is 0 Å². The summed E-state index contributed by atoms with van der Waals surface area (Å²) < 4.78 is 21.2. The van der Waals surface area contributed by atoms with E-state index in [-0.39, 0.29) is 12.6 Å². The highest BCUT2D eigenvalue weighted by molar-refractivity contribution is 5.96. The molecule has 1 saturated heterocycles. The molecule has 1 heterocycles. The minimum Gasteiger partial charge on any atom is -0.468 e. The quantitative estimate of drug-likeness (QED) is 0.398. The average Bonchev–Trinajstić information content (AvgIpc) is 2.97. The van der Waals surface area contributed by atoms with Crippen LogP contribution in [-0.2, 0) is 14.2 Å². The van der Waals surface area contributed by atoms with Crippen LogP contribution in [0.2, 0.25) is 0 Å². The predicted molar refractivity (Wildman–Crippen MR) is 82.1 cm³/mol. The van der Waals surface area contributed by atoms with Gasteiger partial charge in [0.2, 0.25) is 0 Å². The summed E-state index contributed by atoms with van der Waals surface area (Å²) in [6.07, 6.45) is 3.11. The fourth-order valence-corrected chi connectivity index (χ4v) is 2.44. The van der Waals surface area contributed by atoms with Crippen molar-refractivity contribution in [2.24, 2.45) is 0 Å². The van der Waals surface area contributed by atoms with E-state index >= 15 is 0 Å². The topological polar surface area (TPSA) is 54.0 Å². The number of ketones is 1. The zero-order valence-corrected chi connectivity index (χ0v) is 13.3. The number of Topliss-reactive ketones (excluding diaryl/α,β-unsaturated/α-hetero) is 1. The average molecular weight is 308 g/mol. The van der Waals surface area contributed by atoms with E-state index in [1.807, 2.05) is 6.92 Å². The lowest BCUT2D eigenvalue weighted by Crippen LogP contribution is -2.25. The van der Waals surface area contributed by atoms with E-state index in [1.54, 1.807) is 31.4 Å². The van der Waals surface area contributed by atoms with E-state index in [2.05, 4.69) is 0 Å². The van der Waals surface area contributed by atoms with Crippen molar-refractivity contribution >= 4 is 5.78 Å². The molecule has 5 nitrogen and oxygen atoms in total. The number of methoxy groups -OCH3 is 1. The number of hydrogen-bond donors (Lipinski definition) is 0. The molecule has 0 spiro atoms. The van der Waals surface area contributed by atoms with Gasteiger partial charge >= 0.3 is 0 Å². The van der Waals surface area contributed by atoms with E-state index in [4.69, 9.17) is 18.9 Å². The number of unbranched alkanes of at least 4 members (excludes halogenated alkanes) is 1. The van der Waals surface area contributed by atoms with Gasteiger partial charge in [-0.3, -0.25) is 4.79 Å². The Morgan fingerprint density at radius 2 is 1.86 bits per heavy atom. The molecule has 2 rings (SSSR count). The van der Waals surface area contributed by atoms with Gasteiger partial charge in [-0.15, -0.1) is 0 Å². The van der Waals surface area contributed by atoms with Gasteiger partial charge in [0.25, 0.3) is 0 Å². The lowest BCUT2D eigenvalue weighted by atomic mass is 10.0. The molecule has 0 N–H and O–H groups in total. The fourth-order valence-electron chi connectivity index (χ4n) is 2.44. The van der Waals surface area contributed by atoms with Gasteiger partial charge < -0.3 is 18.9 Å². The summed E-state index contributed by atoms with van der Waals surface area (Å²) in [5.41, 5.74) is 0.712. The summed E-state index contributed by atoms with van der Waals surface area (Å²) in [6, 6.07) is 7.15. The van der Waals surface area contributed by atoms with Crippen molar-refractivity contribution in [3.8, 4) is 5.75 Å². The van der Waals surface area contributed by atoms with Crippen LogP contribution in [0, 0.1) is 0 Å². The van der Waals surface area contributed by atoms with Gasteiger partial charge in [-0.2, -0.15) is 0 Å². The smallest absolute Gasteiger partial charge is 0.188 e. The third-order valence-corrected chi connectivity index (χ3v) is 3.70. The number of ether oxygens (including phenoxy) is 4. The van der Waals surface area contributed by atoms with Crippen LogP contribution in [0.1, 0.15) is 43.0 Å². The zero-order valence-electron chi connectivity index (χ0n) is 13.3. The van der Waals surface area contributed by atoms with Crippen LogP contribution in [0.15, 0.2) is 24.3 Å². The minimum atomic E-state index is -0.455. The van der Waals surface area contributed by atoms with Crippen molar-refractivity contribution in [2.45, 2.75) is 38.4 Å². The predicted octanol–water partition coefficient (Wildman–Crippen LogP) is 3.18. The summed E-state index contributed by atoms with van der Waals surface area (Å²) >= 11 is 0. The van der Waals surface area contributed by atoms with Crippen LogP contribution in [0.25, 0.3) is 0 Å². The zero-order chi connectivity index (χ0) is 15.8. The first-order chi connectivity index (χ1) is 10.6. The first kappa shape index (κ1) is 16.9. The van der Waals surface area contributed by atoms with Gasteiger partial charge in [-0.05, 0) is 44.0 Å². The highest BCUT2D eigenvalue weighted by atomic mass is 16.7. The Morgan fingerprint density at radius 3 is 2.50 bits per heavy atom. The summed E-state index contributed by atoms with van der Waals surface area (Å²) in [7, 11) is 1.57. The molecule has 122 valence electrons. The van der Waals surface area contributed by atoms with Crippen LogP contribution in [0.5, 0.6) is 5.75 Å². The van der Waals surface area contributed by atoms with Crippen LogP contribution >= 0.6 is 0 Å². The van der Waals surface area contributed by atoms with Gasteiger partial charge in [0.1, 0.15) is 5.75 Å².